The fourth-order valence-electron chi connectivity index (χ4n) is 2.39. The SMILES string of the molecule is Cc1ccc(C(N)=S)c(N2CCNC(=O)C2(C)C)c1. The topological polar surface area (TPSA) is 58.4 Å². The Morgan fingerprint density at radius 1 is 1.47 bits per heavy atom. The molecule has 3 N–H and O–H groups in total. The molecular weight excluding hydrogens is 258 g/mol. The van der Waals surface area contributed by atoms with Crippen LogP contribution in [0.25, 0.3) is 0 Å². The van der Waals surface area contributed by atoms with Crippen LogP contribution in [0.4, 0.5) is 5.69 Å². The molecule has 0 bridgehead atoms. The lowest BCUT2D eigenvalue weighted by Gasteiger charge is -2.43. The third kappa shape index (κ3) is 2.42. The Morgan fingerprint density at radius 3 is 2.79 bits per heavy atom. The summed E-state index contributed by atoms with van der Waals surface area (Å²) in [6.07, 6.45) is 0. The maximum absolute atomic E-state index is 12.0. The first-order valence-corrected chi connectivity index (χ1v) is 6.71. The monoisotopic (exact) mass is 277 g/mol. The van der Waals surface area contributed by atoms with Gasteiger partial charge in [-0.05, 0) is 38.5 Å². The molecule has 102 valence electrons. The second kappa shape index (κ2) is 4.81. The van der Waals surface area contributed by atoms with E-state index in [1.165, 1.54) is 0 Å². The summed E-state index contributed by atoms with van der Waals surface area (Å²) in [6.45, 7) is 7.22. The highest BCUT2D eigenvalue weighted by Crippen LogP contribution is 2.30. The number of nitrogens with zero attached hydrogens (tertiary/aromatic N) is 1. The molecule has 0 saturated carbocycles. The quantitative estimate of drug-likeness (QED) is 0.801. The zero-order chi connectivity index (χ0) is 14.2. The summed E-state index contributed by atoms with van der Waals surface area (Å²) in [4.78, 5) is 14.5. The van der Waals surface area contributed by atoms with E-state index in [-0.39, 0.29) is 5.91 Å². The van der Waals surface area contributed by atoms with Crippen LogP contribution in [0.3, 0.4) is 0 Å². The highest BCUT2D eigenvalue weighted by molar-refractivity contribution is 7.80. The number of carbonyl (C=O) groups excluding carboxylic acids is 1. The molecule has 1 saturated heterocycles. The van der Waals surface area contributed by atoms with Crippen molar-refractivity contribution in [1.29, 1.82) is 0 Å². The summed E-state index contributed by atoms with van der Waals surface area (Å²) in [7, 11) is 0. The van der Waals surface area contributed by atoms with Crippen LogP contribution in [0.15, 0.2) is 18.2 Å². The number of nitrogens with one attached hydrogen (secondary N) is 1. The number of anilines is 1. The molecule has 1 aromatic carbocycles. The summed E-state index contributed by atoms with van der Waals surface area (Å²) >= 11 is 5.12. The van der Waals surface area contributed by atoms with E-state index in [1.807, 2.05) is 39.0 Å². The van der Waals surface area contributed by atoms with Crippen LogP contribution in [0, 0.1) is 6.92 Å². The van der Waals surface area contributed by atoms with Gasteiger partial charge >= 0.3 is 0 Å². The molecule has 1 amide bonds. The van der Waals surface area contributed by atoms with Gasteiger partial charge < -0.3 is 16.0 Å². The third-order valence-electron chi connectivity index (χ3n) is 3.56. The van der Waals surface area contributed by atoms with Gasteiger partial charge in [0.25, 0.3) is 0 Å². The molecule has 2 rings (SSSR count). The number of benzene rings is 1. The zero-order valence-corrected chi connectivity index (χ0v) is 12.3. The smallest absolute Gasteiger partial charge is 0.245 e. The van der Waals surface area contributed by atoms with E-state index in [0.29, 0.717) is 11.5 Å². The van der Waals surface area contributed by atoms with Crippen molar-refractivity contribution >= 4 is 28.8 Å². The molecule has 0 aromatic heterocycles. The van der Waals surface area contributed by atoms with Crippen LogP contribution >= 0.6 is 12.2 Å². The minimum absolute atomic E-state index is 0.0224. The molecule has 0 radical (unpaired) electrons. The highest BCUT2D eigenvalue weighted by atomic mass is 32.1. The summed E-state index contributed by atoms with van der Waals surface area (Å²) in [6, 6.07) is 5.94. The Morgan fingerprint density at radius 2 is 2.16 bits per heavy atom. The van der Waals surface area contributed by atoms with Gasteiger partial charge in [0.15, 0.2) is 0 Å². The number of aryl methyl sites for hydroxylation is 1. The van der Waals surface area contributed by atoms with Crippen molar-refractivity contribution < 1.29 is 4.79 Å². The van der Waals surface area contributed by atoms with E-state index < -0.39 is 5.54 Å². The third-order valence-corrected chi connectivity index (χ3v) is 3.78. The summed E-state index contributed by atoms with van der Waals surface area (Å²) in [5.74, 6) is 0.0224. The molecule has 5 heteroatoms. The van der Waals surface area contributed by atoms with Crippen molar-refractivity contribution in [2.24, 2.45) is 5.73 Å². The lowest BCUT2D eigenvalue weighted by Crippen LogP contribution is -2.62. The Hall–Kier alpha value is -1.62. The molecular formula is C14H19N3OS. The molecule has 1 aliphatic rings. The van der Waals surface area contributed by atoms with Crippen molar-refractivity contribution in [3.05, 3.63) is 29.3 Å². The van der Waals surface area contributed by atoms with E-state index in [4.69, 9.17) is 18.0 Å². The van der Waals surface area contributed by atoms with Crippen molar-refractivity contribution in [2.45, 2.75) is 26.3 Å². The van der Waals surface area contributed by atoms with Gasteiger partial charge in [0.1, 0.15) is 10.5 Å². The lowest BCUT2D eigenvalue weighted by molar-refractivity contribution is -0.126. The van der Waals surface area contributed by atoms with Crippen molar-refractivity contribution in [2.75, 3.05) is 18.0 Å². The molecule has 1 fully saturated rings. The number of hydrogen-bond donors (Lipinski definition) is 2. The first-order valence-electron chi connectivity index (χ1n) is 6.30. The van der Waals surface area contributed by atoms with Gasteiger partial charge in [-0.15, -0.1) is 0 Å². The molecule has 0 unspecified atom stereocenters. The Balaban J connectivity index is 2.54. The van der Waals surface area contributed by atoms with E-state index >= 15 is 0 Å². The van der Waals surface area contributed by atoms with Gasteiger partial charge in [0.05, 0.1) is 0 Å². The van der Waals surface area contributed by atoms with Crippen LogP contribution in [-0.2, 0) is 4.79 Å². The van der Waals surface area contributed by atoms with E-state index in [2.05, 4.69) is 10.2 Å². The second-order valence-corrected chi connectivity index (χ2v) is 5.79. The number of nitrogens with two attached hydrogens (primary N) is 1. The molecule has 4 nitrogen and oxygen atoms in total. The maximum Gasteiger partial charge on any atom is 0.245 e. The number of piperazine rings is 1. The second-order valence-electron chi connectivity index (χ2n) is 5.35. The predicted molar refractivity (Wildman–Crippen MR) is 81.5 cm³/mol. The minimum Gasteiger partial charge on any atom is -0.389 e. The van der Waals surface area contributed by atoms with Crippen molar-refractivity contribution in [1.82, 2.24) is 5.32 Å². The lowest BCUT2D eigenvalue weighted by atomic mass is 9.96. The number of thiocarbonyl (C=S) groups is 1. The normalized spacial score (nSPS) is 18.1. The largest absolute Gasteiger partial charge is 0.389 e. The van der Waals surface area contributed by atoms with Crippen molar-refractivity contribution in [3.63, 3.8) is 0 Å². The average molecular weight is 277 g/mol. The summed E-state index contributed by atoms with van der Waals surface area (Å²) in [5.41, 5.74) is 8.08. The Bertz CT molecular complexity index is 539. The molecule has 1 aromatic rings. The van der Waals surface area contributed by atoms with Gasteiger partial charge in [0.2, 0.25) is 5.91 Å². The van der Waals surface area contributed by atoms with Crippen LogP contribution in [0.2, 0.25) is 0 Å². The molecule has 19 heavy (non-hydrogen) atoms. The van der Waals surface area contributed by atoms with E-state index in [0.717, 1.165) is 23.4 Å². The highest BCUT2D eigenvalue weighted by Gasteiger charge is 2.38. The maximum atomic E-state index is 12.0. The van der Waals surface area contributed by atoms with Gasteiger partial charge in [-0.25, -0.2) is 0 Å². The number of hydrogen-bond acceptors (Lipinski definition) is 3. The van der Waals surface area contributed by atoms with Crippen molar-refractivity contribution in [3.8, 4) is 0 Å². The first-order chi connectivity index (χ1) is 8.84. The van der Waals surface area contributed by atoms with E-state index in [9.17, 15) is 4.79 Å². The van der Waals surface area contributed by atoms with Crippen LogP contribution < -0.4 is 16.0 Å². The first kappa shape index (κ1) is 13.8. The Labute approximate surface area is 119 Å². The molecule has 0 aliphatic carbocycles. The minimum atomic E-state index is -0.606. The molecule has 1 heterocycles. The molecule has 0 spiro atoms. The van der Waals surface area contributed by atoms with Crippen LogP contribution in [-0.4, -0.2) is 29.5 Å². The van der Waals surface area contributed by atoms with Crippen LogP contribution in [0.1, 0.15) is 25.0 Å². The number of amides is 1. The number of rotatable bonds is 2. The summed E-state index contributed by atoms with van der Waals surface area (Å²) in [5, 5.41) is 2.89. The fourth-order valence-corrected chi connectivity index (χ4v) is 2.57. The predicted octanol–water partition coefficient (Wildman–Crippen LogP) is 1.34. The van der Waals surface area contributed by atoms with Gasteiger partial charge in [-0.3, -0.25) is 4.79 Å². The van der Waals surface area contributed by atoms with Gasteiger partial charge in [-0.2, -0.15) is 0 Å². The zero-order valence-electron chi connectivity index (χ0n) is 11.5. The average Bonchev–Trinajstić information content (AvgIpc) is 2.32. The standard InChI is InChI=1S/C14H19N3OS/c1-9-4-5-10(12(15)19)11(8-9)17-7-6-16-13(18)14(17,2)3/h4-5,8H,6-7H2,1-3H3,(H2,15,19)(H,16,18). The van der Waals surface area contributed by atoms with Gasteiger partial charge in [0, 0.05) is 24.3 Å². The van der Waals surface area contributed by atoms with Crippen LogP contribution in [0.5, 0.6) is 0 Å². The fraction of sp³-hybridized carbons (Fsp3) is 0.429. The molecule has 1 aliphatic heterocycles. The van der Waals surface area contributed by atoms with Gasteiger partial charge in [-0.1, -0.05) is 18.3 Å². The van der Waals surface area contributed by atoms with E-state index in [1.54, 1.807) is 0 Å². The molecule has 0 atom stereocenters. The summed E-state index contributed by atoms with van der Waals surface area (Å²) < 4.78 is 0. The Kier molecular flexibility index (Phi) is 3.49. The number of carbonyl (C=O) groups is 1.